The van der Waals surface area contributed by atoms with Crippen LogP contribution >= 0.6 is 11.3 Å². The smallest absolute Gasteiger partial charge is 0.137 e. The zero-order valence-electron chi connectivity index (χ0n) is 27.5. The first-order valence-corrected chi connectivity index (χ1v) is 17.6. The number of aromatic nitrogens is 4. The van der Waals surface area contributed by atoms with E-state index >= 15 is 0 Å². The van der Waals surface area contributed by atoms with E-state index in [1.165, 1.54) is 53.6 Å². The molecule has 4 nitrogen and oxygen atoms in total. The van der Waals surface area contributed by atoms with Gasteiger partial charge in [-0.1, -0.05) is 99.6 Å². The molecule has 0 saturated carbocycles. The number of rotatable bonds is 3. The Balaban J connectivity index is 1.28. The normalized spacial score (nSPS) is 12.4. The zero-order valence-corrected chi connectivity index (χ0v) is 28.3. The molecule has 0 unspecified atom stereocenters. The first-order valence-electron chi connectivity index (χ1n) is 16.7. The average Bonchev–Trinajstić information content (AvgIpc) is 3.81. The van der Waals surface area contributed by atoms with Crippen LogP contribution in [0.5, 0.6) is 0 Å². The van der Waals surface area contributed by atoms with Gasteiger partial charge in [0.05, 0.1) is 32.3 Å². The van der Waals surface area contributed by atoms with Gasteiger partial charge < -0.3 is 4.57 Å². The number of thiazole rings is 1. The fourth-order valence-corrected chi connectivity index (χ4v) is 8.51. The Morgan fingerprint density at radius 1 is 0.571 bits per heavy atom. The van der Waals surface area contributed by atoms with Gasteiger partial charge in [0.15, 0.2) is 0 Å². The van der Waals surface area contributed by atoms with E-state index in [0.29, 0.717) is 0 Å². The van der Waals surface area contributed by atoms with Crippen molar-refractivity contribution in [2.24, 2.45) is 0 Å². The Morgan fingerprint density at radius 3 is 2.20 bits per heavy atom. The third-order valence-corrected chi connectivity index (χ3v) is 11.0. The monoisotopic (exact) mass is 648 g/mol. The van der Waals surface area contributed by atoms with Crippen LogP contribution in [0.4, 0.5) is 0 Å². The first-order chi connectivity index (χ1) is 23.9. The van der Waals surface area contributed by atoms with Gasteiger partial charge in [-0.2, -0.15) is 0 Å². The highest BCUT2D eigenvalue weighted by molar-refractivity contribution is 7.21. The fourth-order valence-electron chi connectivity index (χ4n) is 7.55. The molecular formula is C44H32N4S. The third-order valence-electron chi connectivity index (χ3n) is 9.95. The minimum absolute atomic E-state index is 0.00173. The van der Waals surface area contributed by atoms with Gasteiger partial charge in [-0.15, -0.1) is 11.3 Å². The van der Waals surface area contributed by atoms with Crippen molar-refractivity contribution < 1.29 is 0 Å². The zero-order chi connectivity index (χ0) is 32.9. The van der Waals surface area contributed by atoms with Crippen molar-refractivity contribution in [3.05, 3.63) is 145 Å². The number of hydrogen-bond acceptors (Lipinski definition) is 3. The van der Waals surface area contributed by atoms with Gasteiger partial charge in [-0.25, -0.2) is 9.97 Å². The second kappa shape index (κ2) is 10.4. The maximum Gasteiger partial charge on any atom is 0.137 e. The molecule has 4 heterocycles. The van der Waals surface area contributed by atoms with E-state index in [4.69, 9.17) is 9.97 Å². The standard InChI is InChI=1S/C44H32N4S/c1-44(2,3)29-22-23-45-41(25-29)48-37-21-17-27-10-4-5-11-31(27)42(37)34-20-18-30(26-39(34)48)47-36-14-8-6-12-32(36)33-19-16-28(24-38(33)47)43-46-35-13-7-9-15-40(35)49-43/h4-26H,1-3H3. The highest BCUT2D eigenvalue weighted by atomic mass is 32.1. The SMILES string of the molecule is CC(C)(C)c1ccnc(-n2c3cc(-n4c5ccccc5c5ccc(-c6nc7ccccc7s6)cc54)ccc3c3c4ccccc4ccc32)c1. The number of nitrogens with zero attached hydrogens (tertiary/aromatic N) is 4. The van der Waals surface area contributed by atoms with Crippen molar-refractivity contribution in [1.82, 2.24) is 19.1 Å². The van der Waals surface area contributed by atoms with Gasteiger partial charge in [0.25, 0.3) is 0 Å². The lowest BCUT2D eigenvalue weighted by molar-refractivity contribution is 0.588. The van der Waals surface area contributed by atoms with Crippen LogP contribution in [0.2, 0.25) is 0 Å². The number of fused-ring (bicyclic) bond motifs is 9. The summed E-state index contributed by atoms with van der Waals surface area (Å²) in [6.07, 6.45) is 1.95. The Kier molecular flexibility index (Phi) is 5.97. The number of benzene rings is 6. The van der Waals surface area contributed by atoms with Gasteiger partial charge in [-0.05, 0) is 76.3 Å². The number of pyridine rings is 1. The highest BCUT2D eigenvalue weighted by Crippen LogP contribution is 2.41. The summed E-state index contributed by atoms with van der Waals surface area (Å²) in [5.74, 6) is 0.931. The average molecular weight is 649 g/mol. The summed E-state index contributed by atoms with van der Waals surface area (Å²) < 4.78 is 5.98. The predicted octanol–water partition coefficient (Wildman–Crippen LogP) is 12.0. The molecule has 0 saturated heterocycles. The molecule has 0 radical (unpaired) electrons. The van der Waals surface area contributed by atoms with E-state index in [0.717, 1.165) is 38.6 Å². The van der Waals surface area contributed by atoms with Crippen molar-refractivity contribution in [1.29, 1.82) is 0 Å². The molecule has 0 fully saturated rings. The summed E-state index contributed by atoms with van der Waals surface area (Å²) in [5.41, 5.74) is 9.17. The first kappa shape index (κ1) is 28.3. The van der Waals surface area contributed by atoms with Gasteiger partial charge in [0.2, 0.25) is 0 Å². The molecule has 0 aliphatic rings. The van der Waals surface area contributed by atoms with Gasteiger partial charge in [0, 0.05) is 39.0 Å². The van der Waals surface area contributed by atoms with Crippen LogP contribution in [-0.4, -0.2) is 19.1 Å². The molecule has 5 heteroatoms. The van der Waals surface area contributed by atoms with Crippen molar-refractivity contribution in [2.45, 2.75) is 26.2 Å². The van der Waals surface area contributed by atoms with Crippen LogP contribution in [-0.2, 0) is 5.41 Å². The predicted molar refractivity (Wildman–Crippen MR) is 208 cm³/mol. The van der Waals surface area contributed by atoms with Crippen LogP contribution in [0.25, 0.3) is 86.7 Å². The van der Waals surface area contributed by atoms with Crippen molar-refractivity contribution in [3.8, 4) is 22.1 Å². The van der Waals surface area contributed by atoms with Crippen LogP contribution < -0.4 is 0 Å². The van der Waals surface area contributed by atoms with E-state index in [2.05, 4.69) is 163 Å². The second-order valence-corrected chi connectivity index (χ2v) is 15.0. The van der Waals surface area contributed by atoms with Crippen molar-refractivity contribution >= 4 is 75.9 Å². The summed E-state index contributed by atoms with van der Waals surface area (Å²) in [4.78, 5) is 9.99. The van der Waals surface area contributed by atoms with Crippen LogP contribution in [0.15, 0.2) is 140 Å². The number of para-hydroxylation sites is 2. The molecule has 0 N–H and O–H groups in total. The molecule has 0 aliphatic carbocycles. The summed E-state index contributed by atoms with van der Waals surface area (Å²) in [6, 6.07) is 48.4. The molecule has 0 spiro atoms. The lowest BCUT2D eigenvalue weighted by atomic mass is 9.88. The Hall–Kier alpha value is -5.78. The van der Waals surface area contributed by atoms with Gasteiger partial charge in [-0.3, -0.25) is 4.57 Å². The summed E-state index contributed by atoms with van der Waals surface area (Å²) in [5, 5.41) is 8.45. The van der Waals surface area contributed by atoms with E-state index in [9.17, 15) is 0 Å². The van der Waals surface area contributed by atoms with E-state index in [1.807, 2.05) is 6.20 Å². The summed E-state index contributed by atoms with van der Waals surface area (Å²) >= 11 is 1.74. The molecule has 0 aliphatic heterocycles. The minimum atomic E-state index is -0.00173. The molecule has 6 aromatic carbocycles. The summed E-state index contributed by atoms with van der Waals surface area (Å²) in [6.45, 7) is 6.78. The molecule has 0 atom stereocenters. The van der Waals surface area contributed by atoms with Crippen LogP contribution in [0, 0.1) is 0 Å². The Morgan fingerprint density at radius 2 is 1.33 bits per heavy atom. The fraction of sp³-hybridized carbons (Fsp3) is 0.0909. The topological polar surface area (TPSA) is 35.6 Å². The molecule has 10 rings (SSSR count). The third kappa shape index (κ3) is 4.29. The quantitative estimate of drug-likeness (QED) is 0.191. The lowest BCUT2D eigenvalue weighted by Crippen LogP contribution is -2.12. The molecule has 49 heavy (non-hydrogen) atoms. The maximum absolute atomic E-state index is 5.00. The van der Waals surface area contributed by atoms with Crippen LogP contribution in [0.1, 0.15) is 26.3 Å². The van der Waals surface area contributed by atoms with Crippen LogP contribution in [0.3, 0.4) is 0 Å². The van der Waals surface area contributed by atoms with Crippen molar-refractivity contribution in [2.75, 3.05) is 0 Å². The number of hydrogen-bond donors (Lipinski definition) is 0. The van der Waals surface area contributed by atoms with E-state index in [1.54, 1.807) is 11.3 Å². The molecule has 0 bridgehead atoms. The largest absolute Gasteiger partial charge is 0.309 e. The Labute approximate surface area is 287 Å². The Bertz CT molecular complexity index is 2900. The lowest BCUT2D eigenvalue weighted by Gasteiger charge is -2.20. The van der Waals surface area contributed by atoms with Gasteiger partial charge >= 0.3 is 0 Å². The molecule has 4 aromatic heterocycles. The van der Waals surface area contributed by atoms with Crippen molar-refractivity contribution in [3.63, 3.8) is 0 Å². The maximum atomic E-state index is 5.00. The molecule has 10 aromatic rings. The molecule has 0 amide bonds. The minimum Gasteiger partial charge on any atom is -0.309 e. The van der Waals surface area contributed by atoms with E-state index < -0.39 is 0 Å². The summed E-state index contributed by atoms with van der Waals surface area (Å²) in [7, 11) is 0. The second-order valence-electron chi connectivity index (χ2n) is 13.9. The molecule has 234 valence electrons. The highest BCUT2D eigenvalue weighted by Gasteiger charge is 2.21. The van der Waals surface area contributed by atoms with Gasteiger partial charge in [0.1, 0.15) is 10.8 Å². The molecular weight excluding hydrogens is 617 g/mol. The van der Waals surface area contributed by atoms with E-state index in [-0.39, 0.29) is 5.41 Å².